The van der Waals surface area contributed by atoms with Crippen LogP contribution >= 0.6 is 23.2 Å². The number of halogens is 2. The number of alkyl halides is 2. The molecule has 0 aliphatic rings. The predicted molar refractivity (Wildman–Crippen MR) is 118 cm³/mol. The van der Waals surface area contributed by atoms with E-state index in [9.17, 15) is 0 Å². The monoisotopic (exact) mass is 426 g/mol. The third-order valence-corrected chi connectivity index (χ3v) is 5.19. The normalized spacial score (nSPS) is 13.8. The lowest BCUT2D eigenvalue weighted by molar-refractivity contribution is -0.247. The zero-order valence-electron chi connectivity index (χ0n) is 17.9. The zero-order valence-corrected chi connectivity index (χ0v) is 19.4. The van der Waals surface area contributed by atoms with Crippen LogP contribution in [0.4, 0.5) is 0 Å². The van der Waals surface area contributed by atoms with Crippen molar-refractivity contribution in [2.24, 2.45) is 0 Å². The number of hydrogen-bond acceptors (Lipinski definition) is 3. The quantitative estimate of drug-likeness (QED) is 0.101. The molecule has 0 saturated heterocycles. The Kier molecular flexibility index (Phi) is 23.1. The van der Waals surface area contributed by atoms with Gasteiger partial charge in [-0.05, 0) is 52.4 Å². The average Bonchev–Trinajstić information content (AvgIpc) is 2.66. The number of hydrogen-bond donors (Lipinski definition) is 0. The Balaban J connectivity index is 3.95. The molecular weight excluding hydrogens is 383 g/mol. The highest BCUT2D eigenvalue weighted by molar-refractivity contribution is 6.18. The molecule has 3 nitrogen and oxygen atoms in total. The van der Waals surface area contributed by atoms with Crippen LogP contribution in [0.2, 0.25) is 0 Å². The Morgan fingerprint density at radius 1 is 0.519 bits per heavy atom. The smallest absolute Gasteiger partial charge is 0.160 e. The van der Waals surface area contributed by atoms with Gasteiger partial charge in [0.25, 0.3) is 0 Å². The summed E-state index contributed by atoms with van der Waals surface area (Å²) in [5, 5.41) is 0. The van der Waals surface area contributed by atoms with Crippen molar-refractivity contribution in [2.75, 3.05) is 25.0 Å². The van der Waals surface area contributed by atoms with Crippen LogP contribution in [0.15, 0.2) is 0 Å². The maximum Gasteiger partial charge on any atom is 0.160 e. The molecule has 0 heterocycles. The lowest BCUT2D eigenvalue weighted by Crippen LogP contribution is -2.27. The third kappa shape index (κ3) is 19.5. The van der Waals surface area contributed by atoms with E-state index in [2.05, 4.69) is 0 Å². The first-order chi connectivity index (χ1) is 13.3. The summed E-state index contributed by atoms with van der Waals surface area (Å²) >= 11 is 11.4. The maximum absolute atomic E-state index is 6.14. The van der Waals surface area contributed by atoms with Gasteiger partial charge in [0.05, 0.1) is 0 Å². The molecule has 0 aliphatic heterocycles. The van der Waals surface area contributed by atoms with Crippen LogP contribution in [-0.2, 0) is 14.2 Å². The van der Waals surface area contributed by atoms with Gasteiger partial charge in [0.1, 0.15) is 0 Å². The van der Waals surface area contributed by atoms with Crippen LogP contribution in [0.5, 0.6) is 0 Å². The summed E-state index contributed by atoms with van der Waals surface area (Å²) in [6, 6.07) is 0. The van der Waals surface area contributed by atoms with Gasteiger partial charge in [-0.15, -0.1) is 23.2 Å². The van der Waals surface area contributed by atoms with Crippen molar-refractivity contribution >= 4 is 23.2 Å². The molecule has 0 radical (unpaired) electrons. The fourth-order valence-corrected chi connectivity index (χ4v) is 3.53. The minimum atomic E-state index is -0.141. The first-order valence-corrected chi connectivity index (χ1v) is 12.4. The van der Waals surface area contributed by atoms with Crippen LogP contribution in [0.25, 0.3) is 0 Å². The standard InChI is InChI=1S/C22H44Cl2O3/c1-3-25-21(17-13-9-5-7-11-15-19-23)27-22(26-4-2)18-14-10-6-8-12-16-20-24/h21-22H,3-20H2,1-2H3. The number of unbranched alkanes of at least 4 members (excludes halogenated alkanes) is 10. The summed E-state index contributed by atoms with van der Waals surface area (Å²) in [6.45, 7) is 5.41. The van der Waals surface area contributed by atoms with Gasteiger partial charge >= 0.3 is 0 Å². The summed E-state index contributed by atoms with van der Waals surface area (Å²) < 4.78 is 17.7. The van der Waals surface area contributed by atoms with Gasteiger partial charge in [0, 0.05) is 25.0 Å². The minimum absolute atomic E-state index is 0.141. The topological polar surface area (TPSA) is 27.7 Å². The van der Waals surface area contributed by atoms with Gasteiger partial charge in [0.2, 0.25) is 0 Å². The van der Waals surface area contributed by atoms with Crippen LogP contribution in [0.1, 0.15) is 104 Å². The molecule has 0 aromatic heterocycles. The van der Waals surface area contributed by atoms with E-state index in [1.807, 2.05) is 13.8 Å². The van der Waals surface area contributed by atoms with Crippen molar-refractivity contribution in [3.8, 4) is 0 Å². The molecular formula is C22H44Cl2O3. The first kappa shape index (κ1) is 27.5. The number of ether oxygens (including phenoxy) is 3. The molecule has 0 N–H and O–H groups in total. The SMILES string of the molecule is CCOC(CCCCCCCCCl)OC(CCCCCCCCCl)OCC. The van der Waals surface area contributed by atoms with Crippen molar-refractivity contribution in [3.05, 3.63) is 0 Å². The van der Waals surface area contributed by atoms with Gasteiger partial charge in [-0.3, -0.25) is 0 Å². The Morgan fingerprint density at radius 2 is 0.852 bits per heavy atom. The van der Waals surface area contributed by atoms with E-state index in [-0.39, 0.29) is 12.6 Å². The van der Waals surface area contributed by atoms with Gasteiger partial charge in [-0.25, -0.2) is 0 Å². The molecule has 0 saturated carbocycles. The molecule has 5 heteroatoms. The predicted octanol–water partition coefficient (Wildman–Crippen LogP) is 7.67. The second-order valence-corrected chi connectivity index (χ2v) is 7.86. The van der Waals surface area contributed by atoms with Gasteiger partial charge in [0.15, 0.2) is 12.6 Å². The van der Waals surface area contributed by atoms with Crippen molar-refractivity contribution in [1.82, 2.24) is 0 Å². The first-order valence-electron chi connectivity index (χ1n) is 11.3. The number of rotatable bonds is 22. The highest BCUT2D eigenvalue weighted by Crippen LogP contribution is 2.17. The van der Waals surface area contributed by atoms with Gasteiger partial charge in [-0.1, -0.05) is 51.4 Å². The molecule has 0 rings (SSSR count). The Bertz CT molecular complexity index is 254. The molecule has 2 atom stereocenters. The van der Waals surface area contributed by atoms with E-state index >= 15 is 0 Å². The fraction of sp³-hybridized carbons (Fsp3) is 1.00. The van der Waals surface area contributed by atoms with E-state index in [0.29, 0.717) is 13.2 Å². The van der Waals surface area contributed by atoms with Crippen molar-refractivity contribution in [2.45, 2.75) is 116 Å². The summed E-state index contributed by atoms with van der Waals surface area (Å²) in [5.41, 5.74) is 0. The summed E-state index contributed by atoms with van der Waals surface area (Å²) in [7, 11) is 0. The summed E-state index contributed by atoms with van der Waals surface area (Å²) in [6.07, 6.45) is 16.2. The van der Waals surface area contributed by atoms with E-state index < -0.39 is 0 Å². The molecule has 164 valence electrons. The van der Waals surface area contributed by atoms with E-state index in [0.717, 1.165) is 50.3 Å². The average molecular weight is 427 g/mol. The molecule has 0 spiro atoms. The van der Waals surface area contributed by atoms with E-state index in [1.165, 1.54) is 51.4 Å². The van der Waals surface area contributed by atoms with Crippen LogP contribution in [0.3, 0.4) is 0 Å². The third-order valence-electron chi connectivity index (χ3n) is 4.66. The molecule has 0 amide bonds. The van der Waals surface area contributed by atoms with Crippen molar-refractivity contribution < 1.29 is 14.2 Å². The highest BCUT2D eigenvalue weighted by atomic mass is 35.5. The maximum atomic E-state index is 6.14. The molecule has 0 aliphatic carbocycles. The molecule has 27 heavy (non-hydrogen) atoms. The second-order valence-electron chi connectivity index (χ2n) is 7.10. The lowest BCUT2D eigenvalue weighted by Gasteiger charge is -2.24. The van der Waals surface area contributed by atoms with Crippen LogP contribution < -0.4 is 0 Å². The lowest BCUT2D eigenvalue weighted by atomic mass is 10.1. The largest absolute Gasteiger partial charge is 0.353 e. The zero-order chi connectivity index (χ0) is 20.0. The molecule has 0 aromatic rings. The van der Waals surface area contributed by atoms with Gasteiger partial charge < -0.3 is 14.2 Å². The van der Waals surface area contributed by atoms with E-state index in [1.54, 1.807) is 0 Å². The summed E-state index contributed by atoms with van der Waals surface area (Å²) in [4.78, 5) is 0. The van der Waals surface area contributed by atoms with Crippen LogP contribution in [0, 0.1) is 0 Å². The highest BCUT2D eigenvalue weighted by Gasteiger charge is 2.16. The van der Waals surface area contributed by atoms with Crippen molar-refractivity contribution in [1.29, 1.82) is 0 Å². The minimum Gasteiger partial charge on any atom is -0.353 e. The Hall–Kier alpha value is 0.460. The van der Waals surface area contributed by atoms with Crippen molar-refractivity contribution in [3.63, 3.8) is 0 Å². The van der Waals surface area contributed by atoms with Crippen LogP contribution in [-0.4, -0.2) is 37.6 Å². The summed E-state index contributed by atoms with van der Waals surface area (Å²) in [5.74, 6) is 1.57. The van der Waals surface area contributed by atoms with E-state index in [4.69, 9.17) is 37.4 Å². The fourth-order valence-electron chi connectivity index (χ4n) is 3.15. The molecule has 0 aromatic carbocycles. The Morgan fingerprint density at radius 3 is 1.19 bits per heavy atom. The molecule has 2 unspecified atom stereocenters. The Labute approximate surface area is 178 Å². The second kappa shape index (κ2) is 22.7. The van der Waals surface area contributed by atoms with Gasteiger partial charge in [-0.2, -0.15) is 0 Å². The molecule has 0 fully saturated rings. The molecule has 0 bridgehead atoms.